The summed E-state index contributed by atoms with van der Waals surface area (Å²) in [6, 6.07) is 4.32. The summed E-state index contributed by atoms with van der Waals surface area (Å²) in [7, 11) is 0. The van der Waals surface area contributed by atoms with Crippen molar-refractivity contribution in [1.82, 2.24) is 4.98 Å². The van der Waals surface area contributed by atoms with E-state index in [1.54, 1.807) is 17.4 Å². The molecule has 0 aliphatic heterocycles. The molecule has 1 heterocycles. The highest BCUT2D eigenvalue weighted by molar-refractivity contribution is 7.09. The lowest BCUT2D eigenvalue weighted by atomic mass is 10.2. The van der Waals surface area contributed by atoms with Crippen LogP contribution in [0.15, 0.2) is 23.6 Å². The molecule has 90 valence electrons. The maximum absolute atomic E-state index is 13.0. The van der Waals surface area contributed by atoms with Gasteiger partial charge in [0.2, 0.25) is 0 Å². The molecule has 0 amide bonds. The number of aryl methyl sites for hydroxylation is 1. The molecule has 0 saturated heterocycles. The molecular weight excluding hydrogens is 237 g/mol. The Morgan fingerprint density at radius 3 is 3.00 bits per heavy atom. The third-order valence-electron chi connectivity index (χ3n) is 2.34. The van der Waals surface area contributed by atoms with Gasteiger partial charge in [-0.15, -0.1) is 11.3 Å². The van der Waals surface area contributed by atoms with E-state index in [1.165, 1.54) is 12.1 Å². The van der Waals surface area contributed by atoms with E-state index < -0.39 is 0 Å². The van der Waals surface area contributed by atoms with Gasteiger partial charge < -0.3 is 11.1 Å². The van der Waals surface area contributed by atoms with E-state index in [2.05, 4.69) is 10.3 Å². The average molecular weight is 251 g/mol. The maximum atomic E-state index is 13.0. The Kier molecular flexibility index (Phi) is 3.58. The Morgan fingerprint density at radius 2 is 2.29 bits per heavy atom. The zero-order chi connectivity index (χ0) is 12.3. The predicted octanol–water partition coefficient (Wildman–Crippen LogP) is 2.83. The maximum Gasteiger partial charge on any atom is 0.125 e. The van der Waals surface area contributed by atoms with Crippen molar-refractivity contribution in [3.05, 3.63) is 40.1 Å². The minimum Gasteiger partial charge on any atom is -0.397 e. The molecule has 0 spiro atoms. The minimum absolute atomic E-state index is 0.285. The van der Waals surface area contributed by atoms with Crippen molar-refractivity contribution >= 4 is 22.7 Å². The fourth-order valence-corrected chi connectivity index (χ4v) is 2.28. The van der Waals surface area contributed by atoms with Crippen molar-refractivity contribution in [3.63, 3.8) is 0 Å². The number of nitrogens with two attached hydrogens (primary N) is 1. The molecule has 1 aromatic heterocycles. The first-order chi connectivity index (χ1) is 8.15. The van der Waals surface area contributed by atoms with Crippen LogP contribution in [0.25, 0.3) is 0 Å². The number of halogens is 1. The number of nitrogen functional groups attached to an aromatic ring is 1. The molecule has 3 nitrogen and oxygen atoms in total. The quantitative estimate of drug-likeness (QED) is 0.821. The molecule has 0 fully saturated rings. The molecule has 0 aliphatic carbocycles. The Bertz CT molecular complexity index is 510. The lowest BCUT2D eigenvalue weighted by Crippen LogP contribution is -2.07. The third kappa shape index (κ3) is 3.17. The summed E-state index contributed by atoms with van der Waals surface area (Å²) in [5.41, 5.74) is 7.96. The summed E-state index contributed by atoms with van der Waals surface area (Å²) in [4.78, 5) is 4.36. The standard InChI is InChI=1S/C12H14FN3S/c1-8-7-17-12(16-8)4-5-15-11-6-9(13)2-3-10(11)14/h2-3,6-7,15H,4-5,14H2,1H3. The molecule has 0 saturated carbocycles. The van der Waals surface area contributed by atoms with Gasteiger partial charge in [0, 0.05) is 24.0 Å². The number of aromatic nitrogens is 1. The number of nitrogens with zero attached hydrogens (tertiary/aromatic N) is 1. The van der Waals surface area contributed by atoms with Crippen LogP contribution < -0.4 is 11.1 Å². The number of hydrogen-bond donors (Lipinski definition) is 2. The van der Waals surface area contributed by atoms with Gasteiger partial charge in [0.1, 0.15) is 5.82 Å². The molecule has 0 radical (unpaired) electrons. The second-order valence-corrected chi connectivity index (χ2v) is 4.73. The SMILES string of the molecule is Cc1csc(CCNc2cc(F)ccc2N)n1. The zero-order valence-electron chi connectivity index (χ0n) is 9.53. The van der Waals surface area contributed by atoms with Gasteiger partial charge in [-0.05, 0) is 25.1 Å². The molecule has 17 heavy (non-hydrogen) atoms. The van der Waals surface area contributed by atoms with Gasteiger partial charge in [-0.1, -0.05) is 0 Å². The predicted molar refractivity (Wildman–Crippen MR) is 69.9 cm³/mol. The van der Waals surface area contributed by atoms with Crippen LogP contribution in [0.3, 0.4) is 0 Å². The molecule has 0 atom stereocenters. The second kappa shape index (κ2) is 5.14. The van der Waals surface area contributed by atoms with Crippen molar-refractivity contribution < 1.29 is 4.39 Å². The Labute approximate surface area is 103 Å². The lowest BCUT2D eigenvalue weighted by molar-refractivity contribution is 0.628. The van der Waals surface area contributed by atoms with Crippen molar-refractivity contribution in [2.75, 3.05) is 17.6 Å². The van der Waals surface area contributed by atoms with E-state index in [1.807, 2.05) is 12.3 Å². The van der Waals surface area contributed by atoms with Crippen LogP contribution >= 0.6 is 11.3 Å². The van der Waals surface area contributed by atoms with Crippen LogP contribution in [0, 0.1) is 12.7 Å². The minimum atomic E-state index is -0.285. The fraction of sp³-hybridized carbons (Fsp3) is 0.250. The molecule has 5 heteroatoms. The van der Waals surface area contributed by atoms with Crippen molar-refractivity contribution in [3.8, 4) is 0 Å². The van der Waals surface area contributed by atoms with Crippen LogP contribution in [0.4, 0.5) is 15.8 Å². The highest BCUT2D eigenvalue weighted by Crippen LogP contribution is 2.19. The molecule has 2 rings (SSSR count). The first-order valence-corrected chi connectivity index (χ1v) is 6.23. The van der Waals surface area contributed by atoms with Gasteiger partial charge in [0.05, 0.1) is 16.4 Å². The first-order valence-electron chi connectivity index (χ1n) is 5.35. The summed E-state index contributed by atoms with van der Waals surface area (Å²) >= 11 is 1.64. The number of anilines is 2. The molecule has 0 aliphatic rings. The average Bonchev–Trinajstić information content (AvgIpc) is 2.69. The zero-order valence-corrected chi connectivity index (χ0v) is 10.4. The van der Waals surface area contributed by atoms with Crippen LogP contribution in [-0.2, 0) is 6.42 Å². The highest BCUT2D eigenvalue weighted by atomic mass is 32.1. The summed E-state index contributed by atoms with van der Waals surface area (Å²) in [6.45, 7) is 2.67. The number of nitrogens with one attached hydrogen (secondary N) is 1. The molecule has 0 bridgehead atoms. The summed E-state index contributed by atoms with van der Waals surface area (Å²) in [6.07, 6.45) is 0.814. The van der Waals surface area contributed by atoms with Crippen LogP contribution in [0.1, 0.15) is 10.7 Å². The Hall–Kier alpha value is -1.62. The molecule has 2 aromatic rings. The number of hydrogen-bond acceptors (Lipinski definition) is 4. The van der Waals surface area contributed by atoms with Gasteiger partial charge in [0.25, 0.3) is 0 Å². The third-order valence-corrected chi connectivity index (χ3v) is 3.36. The van der Waals surface area contributed by atoms with Gasteiger partial charge in [-0.2, -0.15) is 0 Å². The Balaban J connectivity index is 1.91. The molecule has 1 aromatic carbocycles. The van der Waals surface area contributed by atoms with Gasteiger partial charge >= 0.3 is 0 Å². The van der Waals surface area contributed by atoms with E-state index in [0.717, 1.165) is 17.1 Å². The number of rotatable bonds is 4. The largest absolute Gasteiger partial charge is 0.397 e. The Morgan fingerprint density at radius 1 is 1.47 bits per heavy atom. The normalized spacial score (nSPS) is 10.5. The molecule has 3 N–H and O–H groups in total. The van der Waals surface area contributed by atoms with Crippen LogP contribution in [0.2, 0.25) is 0 Å². The van der Waals surface area contributed by atoms with Gasteiger partial charge in [-0.25, -0.2) is 9.37 Å². The smallest absolute Gasteiger partial charge is 0.125 e. The summed E-state index contributed by atoms with van der Waals surface area (Å²) in [5, 5.41) is 6.21. The van der Waals surface area contributed by atoms with E-state index in [9.17, 15) is 4.39 Å². The number of thiazole rings is 1. The van der Waals surface area contributed by atoms with E-state index in [-0.39, 0.29) is 5.82 Å². The number of benzene rings is 1. The molecule has 0 unspecified atom stereocenters. The van der Waals surface area contributed by atoms with Gasteiger partial charge in [0.15, 0.2) is 0 Å². The van der Waals surface area contributed by atoms with E-state index >= 15 is 0 Å². The first kappa shape index (κ1) is 11.9. The monoisotopic (exact) mass is 251 g/mol. The van der Waals surface area contributed by atoms with Gasteiger partial charge in [-0.3, -0.25) is 0 Å². The summed E-state index contributed by atoms with van der Waals surface area (Å²) in [5.74, 6) is -0.285. The van der Waals surface area contributed by atoms with Crippen LogP contribution in [-0.4, -0.2) is 11.5 Å². The van der Waals surface area contributed by atoms with Crippen molar-refractivity contribution in [2.24, 2.45) is 0 Å². The molecular formula is C12H14FN3S. The fourth-order valence-electron chi connectivity index (χ4n) is 1.50. The summed E-state index contributed by atoms with van der Waals surface area (Å²) < 4.78 is 13.0. The highest BCUT2D eigenvalue weighted by Gasteiger charge is 2.02. The topological polar surface area (TPSA) is 50.9 Å². The van der Waals surface area contributed by atoms with Crippen molar-refractivity contribution in [2.45, 2.75) is 13.3 Å². The second-order valence-electron chi connectivity index (χ2n) is 3.79. The van der Waals surface area contributed by atoms with Crippen LogP contribution in [0.5, 0.6) is 0 Å². The van der Waals surface area contributed by atoms with E-state index in [0.29, 0.717) is 17.9 Å². The van der Waals surface area contributed by atoms with Crippen molar-refractivity contribution in [1.29, 1.82) is 0 Å². The lowest BCUT2D eigenvalue weighted by Gasteiger charge is -2.08. The van der Waals surface area contributed by atoms with E-state index in [4.69, 9.17) is 5.73 Å².